The Morgan fingerprint density at radius 3 is 2.89 bits per heavy atom. The predicted molar refractivity (Wildman–Crippen MR) is 76.2 cm³/mol. The number of fused-ring (bicyclic) bond motifs is 1. The molecule has 1 aromatic heterocycles. The predicted octanol–water partition coefficient (Wildman–Crippen LogP) is 1.79. The van der Waals surface area contributed by atoms with Gasteiger partial charge >= 0.3 is 0 Å². The summed E-state index contributed by atoms with van der Waals surface area (Å²) in [6.07, 6.45) is 5.19. The number of rotatable bonds is 3. The van der Waals surface area contributed by atoms with Crippen molar-refractivity contribution in [2.24, 2.45) is 5.92 Å². The van der Waals surface area contributed by atoms with Gasteiger partial charge in [-0.1, -0.05) is 12.1 Å². The van der Waals surface area contributed by atoms with Gasteiger partial charge in [0, 0.05) is 6.54 Å². The maximum absolute atomic E-state index is 12.3. The molecule has 1 aromatic carbocycles. The first-order chi connectivity index (χ1) is 9.34. The average molecular weight is 257 g/mol. The number of para-hydroxylation sites is 1. The van der Waals surface area contributed by atoms with Gasteiger partial charge in [-0.2, -0.15) is 0 Å². The quantitative estimate of drug-likeness (QED) is 0.912. The fourth-order valence-electron chi connectivity index (χ4n) is 2.76. The third kappa shape index (κ3) is 2.68. The lowest BCUT2D eigenvalue weighted by Crippen LogP contribution is -2.29. The molecule has 0 radical (unpaired) electrons. The first-order valence-electron chi connectivity index (χ1n) is 6.99. The van der Waals surface area contributed by atoms with Crippen molar-refractivity contribution in [2.45, 2.75) is 25.8 Å². The summed E-state index contributed by atoms with van der Waals surface area (Å²) in [6, 6.07) is 7.54. The highest BCUT2D eigenvalue weighted by molar-refractivity contribution is 5.76. The van der Waals surface area contributed by atoms with Crippen LogP contribution in [0.3, 0.4) is 0 Å². The molecule has 0 saturated carbocycles. The van der Waals surface area contributed by atoms with Gasteiger partial charge in [0.2, 0.25) is 0 Å². The summed E-state index contributed by atoms with van der Waals surface area (Å²) in [5.74, 6) is 0.736. The maximum atomic E-state index is 12.3. The van der Waals surface area contributed by atoms with Crippen molar-refractivity contribution in [3.63, 3.8) is 0 Å². The lowest BCUT2D eigenvalue weighted by molar-refractivity contribution is 0.336. The molecule has 19 heavy (non-hydrogen) atoms. The van der Waals surface area contributed by atoms with E-state index in [-0.39, 0.29) is 5.56 Å². The van der Waals surface area contributed by atoms with Gasteiger partial charge in [0.15, 0.2) is 0 Å². The van der Waals surface area contributed by atoms with Gasteiger partial charge in [-0.25, -0.2) is 4.98 Å². The van der Waals surface area contributed by atoms with E-state index < -0.39 is 0 Å². The van der Waals surface area contributed by atoms with Crippen LogP contribution in [0.2, 0.25) is 0 Å². The number of hydrogen-bond donors (Lipinski definition) is 1. The van der Waals surface area contributed by atoms with Crippen molar-refractivity contribution in [3.05, 3.63) is 40.9 Å². The molecular formula is C15H19N3O. The molecule has 0 bridgehead atoms. The molecule has 1 fully saturated rings. The summed E-state index contributed by atoms with van der Waals surface area (Å²) in [4.78, 5) is 16.7. The first kappa shape index (κ1) is 12.4. The van der Waals surface area contributed by atoms with Gasteiger partial charge in [-0.05, 0) is 50.4 Å². The number of nitrogens with zero attached hydrogens (tertiary/aromatic N) is 2. The number of nitrogens with one attached hydrogen (secondary N) is 1. The van der Waals surface area contributed by atoms with Gasteiger partial charge in [0.25, 0.3) is 5.56 Å². The zero-order chi connectivity index (χ0) is 13.1. The largest absolute Gasteiger partial charge is 0.317 e. The molecule has 2 aromatic rings. The summed E-state index contributed by atoms with van der Waals surface area (Å²) in [5, 5.41) is 4.09. The van der Waals surface area contributed by atoms with E-state index in [2.05, 4.69) is 10.3 Å². The van der Waals surface area contributed by atoms with Crippen LogP contribution in [0.5, 0.6) is 0 Å². The van der Waals surface area contributed by atoms with Crippen LogP contribution in [0.1, 0.15) is 19.3 Å². The van der Waals surface area contributed by atoms with Crippen LogP contribution in [-0.2, 0) is 6.54 Å². The molecule has 100 valence electrons. The van der Waals surface area contributed by atoms with E-state index in [1.807, 2.05) is 24.3 Å². The Bertz CT molecular complexity index is 614. The monoisotopic (exact) mass is 257 g/mol. The van der Waals surface area contributed by atoms with E-state index in [1.165, 1.54) is 12.8 Å². The fraction of sp³-hybridized carbons (Fsp3) is 0.467. The lowest BCUT2D eigenvalue weighted by Gasteiger charge is -2.22. The third-order valence-electron chi connectivity index (χ3n) is 3.97. The highest BCUT2D eigenvalue weighted by Crippen LogP contribution is 2.16. The van der Waals surface area contributed by atoms with Gasteiger partial charge < -0.3 is 5.32 Å². The van der Waals surface area contributed by atoms with Crippen LogP contribution in [-0.4, -0.2) is 22.6 Å². The van der Waals surface area contributed by atoms with Crippen molar-refractivity contribution in [1.82, 2.24) is 14.9 Å². The number of piperidine rings is 1. The van der Waals surface area contributed by atoms with E-state index in [4.69, 9.17) is 0 Å². The van der Waals surface area contributed by atoms with Gasteiger partial charge in [0.05, 0.1) is 17.2 Å². The summed E-state index contributed by atoms with van der Waals surface area (Å²) in [5.41, 5.74) is 0.866. The SMILES string of the molecule is O=c1c2ccccc2ncn1CCC1CCNCC1. The van der Waals surface area contributed by atoms with Crippen molar-refractivity contribution < 1.29 is 0 Å². The molecule has 1 aliphatic heterocycles. The van der Waals surface area contributed by atoms with Gasteiger partial charge in [-0.15, -0.1) is 0 Å². The normalized spacial score (nSPS) is 16.8. The van der Waals surface area contributed by atoms with Crippen molar-refractivity contribution in [1.29, 1.82) is 0 Å². The van der Waals surface area contributed by atoms with Crippen LogP contribution in [0.15, 0.2) is 35.4 Å². The minimum absolute atomic E-state index is 0.0829. The van der Waals surface area contributed by atoms with Crippen LogP contribution in [0.4, 0.5) is 0 Å². The van der Waals surface area contributed by atoms with Crippen LogP contribution in [0.25, 0.3) is 10.9 Å². The Balaban J connectivity index is 1.77. The Labute approximate surface area is 112 Å². The Hall–Kier alpha value is -1.68. The zero-order valence-corrected chi connectivity index (χ0v) is 11.0. The molecule has 1 saturated heterocycles. The zero-order valence-electron chi connectivity index (χ0n) is 11.0. The van der Waals surface area contributed by atoms with E-state index in [0.29, 0.717) is 0 Å². The average Bonchev–Trinajstić information content (AvgIpc) is 2.48. The molecule has 4 nitrogen and oxygen atoms in total. The highest BCUT2D eigenvalue weighted by Gasteiger charge is 2.13. The summed E-state index contributed by atoms with van der Waals surface area (Å²) < 4.78 is 1.75. The standard InChI is InChI=1S/C15H19N3O/c19-15-13-3-1-2-4-14(13)17-11-18(15)10-7-12-5-8-16-9-6-12/h1-4,11-12,16H,5-10H2. The summed E-state index contributed by atoms with van der Waals surface area (Å²) in [7, 11) is 0. The van der Waals surface area contributed by atoms with Crippen molar-refractivity contribution >= 4 is 10.9 Å². The smallest absolute Gasteiger partial charge is 0.261 e. The summed E-state index contributed by atoms with van der Waals surface area (Å²) in [6.45, 7) is 2.99. The molecule has 0 atom stereocenters. The van der Waals surface area contributed by atoms with E-state index in [1.54, 1.807) is 10.9 Å². The number of benzene rings is 1. The van der Waals surface area contributed by atoms with Gasteiger partial charge in [0.1, 0.15) is 0 Å². The number of hydrogen-bond acceptors (Lipinski definition) is 3. The molecule has 3 rings (SSSR count). The third-order valence-corrected chi connectivity index (χ3v) is 3.97. The Morgan fingerprint density at radius 2 is 2.05 bits per heavy atom. The molecule has 2 heterocycles. The highest BCUT2D eigenvalue weighted by atomic mass is 16.1. The fourth-order valence-corrected chi connectivity index (χ4v) is 2.76. The van der Waals surface area contributed by atoms with Crippen LogP contribution >= 0.6 is 0 Å². The first-order valence-corrected chi connectivity index (χ1v) is 6.99. The molecular weight excluding hydrogens is 238 g/mol. The minimum atomic E-state index is 0.0829. The van der Waals surface area contributed by atoms with Crippen molar-refractivity contribution in [2.75, 3.05) is 13.1 Å². The summed E-state index contributed by atoms with van der Waals surface area (Å²) >= 11 is 0. The van der Waals surface area contributed by atoms with Crippen molar-refractivity contribution in [3.8, 4) is 0 Å². The maximum Gasteiger partial charge on any atom is 0.261 e. The molecule has 0 amide bonds. The second-order valence-corrected chi connectivity index (χ2v) is 5.24. The second-order valence-electron chi connectivity index (χ2n) is 5.24. The second kappa shape index (κ2) is 5.53. The molecule has 0 spiro atoms. The van der Waals surface area contributed by atoms with E-state index in [0.717, 1.165) is 42.9 Å². The number of aromatic nitrogens is 2. The minimum Gasteiger partial charge on any atom is -0.317 e. The van der Waals surface area contributed by atoms with Crippen LogP contribution in [0, 0.1) is 5.92 Å². The topological polar surface area (TPSA) is 46.9 Å². The number of aryl methyl sites for hydroxylation is 1. The molecule has 1 N–H and O–H groups in total. The molecule has 1 aliphatic rings. The Kier molecular flexibility index (Phi) is 3.60. The Morgan fingerprint density at radius 1 is 1.26 bits per heavy atom. The lowest BCUT2D eigenvalue weighted by atomic mass is 9.95. The molecule has 0 unspecified atom stereocenters. The van der Waals surface area contributed by atoms with E-state index >= 15 is 0 Å². The van der Waals surface area contributed by atoms with Crippen LogP contribution < -0.4 is 10.9 Å². The van der Waals surface area contributed by atoms with Gasteiger partial charge in [-0.3, -0.25) is 9.36 Å². The molecule has 4 heteroatoms. The molecule has 0 aliphatic carbocycles. The van der Waals surface area contributed by atoms with E-state index in [9.17, 15) is 4.79 Å².